The Balaban J connectivity index is 2.51. The molecule has 76 valence electrons. The second-order valence-electron chi connectivity index (χ2n) is 3.95. The van der Waals surface area contributed by atoms with Gasteiger partial charge in [0.05, 0.1) is 0 Å². The minimum atomic E-state index is -0.715. The van der Waals surface area contributed by atoms with Gasteiger partial charge in [-0.15, -0.1) is 0 Å². The summed E-state index contributed by atoms with van der Waals surface area (Å²) in [4.78, 5) is 12.9. The van der Waals surface area contributed by atoms with Gasteiger partial charge < -0.3 is 10.4 Å². The van der Waals surface area contributed by atoms with E-state index in [1.54, 1.807) is 0 Å². The molecule has 0 spiro atoms. The summed E-state index contributed by atoms with van der Waals surface area (Å²) in [6.45, 7) is 7.41. The Morgan fingerprint density at radius 1 is 1.69 bits per heavy atom. The van der Waals surface area contributed by atoms with Gasteiger partial charge in [0.2, 0.25) is 0 Å². The van der Waals surface area contributed by atoms with Crippen molar-refractivity contribution in [1.82, 2.24) is 10.2 Å². The largest absolute Gasteiger partial charge is 0.480 e. The standard InChI is InChI=1S/C9H18N2O2/c1-7(2)6-11-4-3-10-5-8(11)9(12)13/h7-8,10H,3-6H2,1-2H3,(H,12,13). The molecule has 13 heavy (non-hydrogen) atoms. The first-order valence-electron chi connectivity index (χ1n) is 4.79. The summed E-state index contributed by atoms with van der Waals surface area (Å²) in [5.74, 6) is -0.187. The third kappa shape index (κ3) is 2.97. The van der Waals surface area contributed by atoms with Gasteiger partial charge in [0, 0.05) is 26.2 Å². The first-order chi connectivity index (χ1) is 6.11. The lowest BCUT2D eigenvalue weighted by atomic mass is 10.1. The Morgan fingerprint density at radius 2 is 2.38 bits per heavy atom. The van der Waals surface area contributed by atoms with Gasteiger partial charge in [0.1, 0.15) is 6.04 Å². The number of nitrogens with zero attached hydrogens (tertiary/aromatic N) is 1. The predicted molar refractivity (Wildman–Crippen MR) is 50.7 cm³/mol. The van der Waals surface area contributed by atoms with Gasteiger partial charge in [0.25, 0.3) is 0 Å². The van der Waals surface area contributed by atoms with E-state index in [2.05, 4.69) is 19.2 Å². The van der Waals surface area contributed by atoms with Crippen LogP contribution >= 0.6 is 0 Å². The van der Waals surface area contributed by atoms with Crippen molar-refractivity contribution in [3.05, 3.63) is 0 Å². The molecule has 1 aliphatic rings. The molecule has 1 unspecified atom stereocenters. The maximum atomic E-state index is 10.9. The molecular weight excluding hydrogens is 168 g/mol. The van der Waals surface area contributed by atoms with E-state index in [1.165, 1.54) is 0 Å². The van der Waals surface area contributed by atoms with E-state index in [0.717, 1.165) is 19.6 Å². The summed E-state index contributed by atoms with van der Waals surface area (Å²) in [5, 5.41) is 12.0. The second kappa shape index (κ2) is 4.58. The Hall–Kier alpha value is -0.610. The summed E-state index contributed by atoms with van der Waals surface area (Å²) >= 11 is 0. The maximum Gasteiger partial charge on any atom is 0.322 e. The number of piperazine rings is 1. The average Bonchev–Trinajstić information content (AvgIpc) is 2.03. The fourth-order valence-electron chi connectivity index (χ4n) is 1.68. The average molecular weight is 186 g/mol. The number of carboxylic acids is 1. The molecule has 1 atom stereocenters. The SMILES string of the molecule is CC(C)CN1CCNCC1C(=O)O. The van der Waals surface area contributed by atoms with Crippen LogP contribution in [0.3, 0.4) is 0 Å². The Kier molecular flexibility index (Phi) is 3.69. The molecule has 0 aromatic heterocycles. The molecule has 1 saturated heterocycles. The zero-order valence-electron chi connectivity index (χ0n) is 8.29. The molecule has 0 aromatic carbocycles. The normalized spacial score (nSPS) is 25.0. The number of rotatable bonds is 3. The zero-order valence-corrected chi connectivity index (χ0v) is 8.29. The highest BCUT2D eigenvalue weighted by Crippen LogP contribution is 2.07. The van der Waals surface area contributed by atoms with Crippen LogP contribution in [0.1, 0.15) is 13.8 Å². The van der Waals surface area contributed by atoms with Crippen LogP contribution in [-0.2, 0) is 4.79 Å². The molecule has 2 N–H and O–H groups in total. The molecule has 1 aliphatic heterocycles. The quantitative estimate of drug-likeness (QED) is 0.651. The van der Waals surface area contributed by atoms with Gasteiger partial charge in [-0.1, -0.05) is 13.8 Å². The molecule has 0 aliphatic carbocycles. The molecule has 0 aromatic rings. The molecule has 1 rings (SSSR count). The van der Waals surface area contributed by atoms with E-state index >= 15 is 0 Å². The Bertz CT molecular complexity index is 182. The number of aliphatic carboxylic acids is 1. The second-order valence-corrected chi connectivity index (χ2v) is 3.95. The molecule has 4 heteroatoms. The van der Waals surface area contributed by atoms with Crippen LogP contribution in [-0.4, -0.2) is 48.2 Å². The van der Waals surface area contributed by atoms with Crippen molar-refractivity contribution >= 4 is 5.97 Å². The van der Waals surface area contributed by atoms with Crippen molar-refractivity contribution in [2.75, 3.05) is 26.2 Å². The predicted octanol–water partition coefficient (Wildman–Crippen LogP) is 0.000800. The van der Waals surface area contributed by atoms with Crippen LogP contribution in [0, 0.1) is 5.92 Å². The smallest absolute Gasteiger partial charge is 0.322 e. The summed E-state index contributed by atoms with van der Waals surface area (Å²) in [6, 6.07) is -0.337. The molecule has 1 heterocycles. The van der Waals surface area contributed by atoms with Crippen LogP contribution in [0.4, 0.5) is 0 Å². The lowest BCUT2D eigenvalue weighted by Gasteiger charge is -2.34. The van der Waals surface area contributed by atoms with Crippen LogP contribution in [0.5, 0.6) is 0 Å². The molecule has 0 saturated carbocycles. The minimum Gasteiger partial charge on any atom is -0.480 e. The highest BCUT2D eigenvalue weighted by Gasteiger charge is 2.28. The van der Waals surface area contributed by atoms with E-state index in [1.807, 2.05) is 4.90 Å². The Morgan fingerprint density at radius 3 is 2.92 bits per heavy atom. The summed E-state index contributed by atoms with van der Waals surface area (Å²) in [5.41, 5.74) is 0. The molecular formula is C9H18N2O2. The van der Waals surface area contributed by atoms with E-state index in [-0.39, 0.29) is 6.04 Å². The maximum absolute atomic E-state index is 10.9. The van der Waals surface area contributed by atoms with Crippen molar-refractivity contribution in [2.45, 2.75) is 19.9 Å². The fourth-order valence-corrected chi connectivity index (χ4v) is 1.68. The zero-order chi connectivity index (χ0) is 9.84. The van der Waals surface area contributed by atoms with Gasteiger partial charge in [-0.05, 0) is 5.92 Å². The number of hydrogen-bond acceptors (Lipinski definition) is 3. The molecule has 0 bridgehead atoms. The van der Waals surface area contributed by atoms with Crippen LogP contribution in [0.2, 0.25) is 0 Å². The van der Waals surface area contributed by atoms with Crippen molar-refractivity contribution in [3.8, 4) is 0 Å². The number of nitrogens with one attached hydrogen (secondary N) is 1. The third-order valence-electron chi connectivity index (χ3n) is 2.24. The van der Waals surface area contributed by atoms with E-state index in [0.29, 0.717) is 12.5 Å². The monoisotopic (exact) mass is 186 g/mol. The van der Waals surface area contributed by atoms with Gasteiger partial charge in [-0.3, -0.25) is 9.69 Å². The van der Waals surface area contributed by atoms with Gasteiger partial charge >= 0.3 is 5.97 Å². The lowest BCUT2D eigenvalue weighted by Crippen LogP contribution is -2.55. The minimum absolute atomic E-state index is 0.337. The van der Waals surface area contributed by atoms with Crippen LogP contribution in [0.15, 0.2) is 0 Å². The van der Waals surface area contributed by atoms with Crippen LogP contribution in [0.25, 0.3) is 0 Å². The highest BCUT2D eigenvalue weighted by atomic mass is 16.4. The van der Waals surface area contributed by atoms with Crippen molar-refractivity contribution in [1.29, 1.82) is 0 Å². The van der Waals surface area contributed by atoms with Gasteiger partial charge in [0.15, 0.2) is 0 Å². The number of carbonyl (C=O) groups is 1. The molecule has 4 nitrogen and oxygen atoms in total. The van der Waals surface area contributed by atoms with E-state index < -0.39 is 5.97 Å². The van der Waals surface area contributed by atoms with Gasteiger partial charge in [-0.2, -0.15) is 0 Å². The first-order valence-corrected chi connectivity index (χ1v) is 4.79. The van der Waals surface area contributed by atoms with Crippen molar-refractivity contribution in [2.24, 2.45) is 5.92 Å². The van der Waals surface area contributed by atoms with Crippen molar-refractivity contribution < 1.29 is 9.90 Å². The Labute approximate surface area is 78.9 Å². The molecule has 0 amide bonds. The fraction of sp³-hybridized carbons (Fsp3) is 0.889. The first kappa shape index (κ1) is 10.5. The topological polar surface area (TPSA) is 52.6 Å². The summed E-state index contributed by atoms with van der Waals surface area (Å²) in [7, 11) is 0. The lowest BCUT2D eigenvalue weighted by molar-refractivity contribution is -0.144. The highest BCUT2D eigenvalue weighted by molar-refractivity contribution is 5.73. The molecule has 1 fully saturated rings. The number of carboxylic acid groups (broad SMARTS) is 1. The van der Waals surface area contributed by atoms with E-state index in [4.69, 9.17) is 5.11 Å². The third-order valence-corrected chi connectivity index (χ3v) is 2.24. The summed E-state index contributed by atoms with van der Waals surface area (Å²) in [6.07, 6.45) is 0. The van der Waals surface area contributed by atoms with Crippen LogP contribution < -0.4 is 5.32 Å². The van der Waals surface area contributed by atoms with Crippen molar-refractivity contribution in [3.63, 3.8) is 0 Å². The van der Waals surface area contributed by atoms with Gasteiger partial charge in [-0.25, -0.2) is 0 Å². The number of hydrogen-bond donors (Lipinski definition) is 2. The summed E-state index contributed by atoms with van der Waals surface area (Å²) < 4.78 is 0. The van der Waals surface area contributed by atoms with E-state index in [9.17, 15) is 4.79 Å². The molecule has 0 radical (unpaired) electrons.